The molecular formula is C26H25N5OS. The van der Waals surface area contributed by atoms with Gasteiger partial charge in [-0.15, -0.1) is 11.8 Å². The maximum Gasteiger partial charge on any atom is 0.255 e. The SMILES string of the molecule is CSc1ccc(C(=O)Nc2ccc(Nc3cc(Nc4ccc(C)cc4)nc(C)n3)cc2)cc1. The fourth-order valence-corrected chi connectivity index (χ4v) is 3.62. The maximum atomic E-state index is 12.5. The summed E-state index contributed by atoms with van der Waals surface area (Å²) in [5.74, 6) is 1.92. The molecule has 7 heteroatoms. The Morgan fingerprint density at radius 3 is 1.79 bits per heavy atom. The molecule has 3 aromatic carbocycles. The molecule has 6 nitrogen and oxygen atoms in total. The van der Waals surface area contributed by atoms with Gasteiger partial charge in [-0.2, -0.15) is 0 Å². The lowest BCUT2D eigenvalue weighted by Gasteiger charge is -2.11. The first-order chi connectivity index (χ1) is 16.0. The lowest BCUT2D eigenvalue weighted by molar-refractivity contribution is 0.102. The van der Waals surface area contributed by atoms with Crippen molar-refractivity contribution in [3.8, 4) is 0 Å². The minimum absolute atomic E-state index is 0.137. The predicted molar refractivity (Wildman–Crippen MR) is 137 cm³/mol. The molecule has 0 unspecified atom stereocenters. The topological polar surface area (TPSA) is 78.9 Å². The van der Waals surface area contributed by atoms with E-state index in [1.54, 1.807) is 11.8 Å². The molecule has 0 saturated carbocycles. The van der Waals surface area contributed by atoms with Crippen molar-refractivity contribution in [2.24, 2.45) is 0 Å². The van der Waals surface area contributed by atoms with Gasteiger partial charge in [0, 0.05) is 33.6 Å². The second-order valence-corrected chi connectivity index (χ2v) is 8.44. The molecule has 4 rings (SSSR count). The first kappa shape index (κ1) is 22.4. The fraction of sp³-hybridized carbons (Fsp3) is 0.115. The molecule has 0 fully saturated rings. The summed E-state index contributed by atoms with van der Waals surface area (Å²) in [5, 5.41) is 9.54. The van der Waals surface area contributed by atoms with Gasteiger partial charge >= 0.3 is 0 Å². The quantitative estimate of drug-likeness (QED) is 0.274. The van der Waals surface area contributed by atoms with Crippen LogP contribution < -0.4 is 16.0 Å². The van der Waals surface area contributed by atoms with E-state index in [1.165, 1.54) is 5.56 Å². The average Bonchev–Trinajstić information content (AvgIpc) is 2.81. The highest BCUT2D eigenvalue weighted by atomic mass is 32.2. The minimum Gasteiger partial charge on any atom is -0.340 e. The Balaban J connectivity index is 1.41. The number of hydrogen-bond acceptors (Lipinski definition) is 6. The average molecular weight is 456 g/mol. The summed E-state index contributed by atoms with van der Waals surface area (Å²) in [4.78, 5) is 22.5. The lowest BCUT2D eigenvalue weighted by atomic mass is 10.2. The Hall–Kier alpha value is -3.84. The van der Waals surface area contributed by atoms with E-state index in [9.17, 15) is 4.79 Å². The number of rotatable bonds is 7. The zero-order chi connectivity index (χ0) is 23.2. The minimum atomic E-state index is -0.137. The van der Waals surface area contributed by atoms with Gasteiger partial charge in [-0.3, -0.25) is 4.79 Å². The molecule has 1 aromatic heterocycles. The van der Waals surface area contributed by atoms with E-state index in [0.29, 0.717) is 23.0 Å². The van der Waals surface area contributed by atoms with Crippen LogP contribution in [0.3, 0.4) is 0 Å². The van der Waals surface area contributed by atoms with E-state index in [0.717, 1.165) is 22.0 Å². The number of carbonyl (C=O) groups excluding carboxylic acids is 1. The molecule has 1 amide bonds. The molecule has 0 radical (unpaired) electrons. The lowest BCUT2D eigenvalue weighted by Crippen LogP contribution is -2.11. The van der Waals surface area contributed by atoms with Crippen LogP contribution >= 0.6 is 11.8 Å². The Morgan fingerprint density at radius 2 is 1.24 bits per heavy atom. The molecule has 0 aliphatic heterocycles. The fourth-order valence-electron chi connectivity index (χ4n) is 3.21. The number of carbonyl (C=O) groups is 1. The molecule has 0 saturated heterocycles. The molecule has 0 spiro atoms. The summed E-state index contributed by atoms with van der Waals surface area (Å²) in [6.45, 7) is 3.91. The summed E-state index contributed by atoms with van der Waals surface area (Å²) in [6.07, 6.45) is 2.01. The summed E-state index contributed by atoms with van der Waals surface area (Å²) in [5.41, 5.74) is 4.37. The van der Waals surface area contributed by atoms with E-state index < -0.39 is 0 Å². The monoisotopic (exact) mass is 455 g/mol. The van der Waals surface area contributed by atoms with Crippen molar-refractivity contribution in [3.05, 3.63) is 95.8 Å². The van der Waals surface area contributed by atoms with Crippen LogP contribution in [0.5, 0.6) is 0 Å². The highest BCUT2D eigenvalue weighted by Crippen LogP contribution is 2.22. The van der Waals surface area contributed by atoms with E-state index in [2.05, 4.69) is 45.0 Å². The van der Waals surface area contributed by atoms with Crippen molar-refractivity contribution in [1.82, 2.24) is 9.97 Å². The third kappa shape index (κ3) is 6.11. The normalized spacial score (nSPS) is 10.5. The van der Waals surface area contributed by atoms with Crippen LogP contribution in [-0.2, 0) is 0 Å². The van der Waals surface area contributed by atoms with Crippen molar-refractivity contribution in [1.29, 1.82) is 0 Å². The van der Waals surface area contributed by atoms with Gasteiger partial charge in [-0.25, -0.2) is 9.97 Å². The van der Waals surface area contributed by atoms with Crippen LogP contribution in [0, 0.1) is 13.8 Å². The first-order valence-corrected chi connectivity index (χ1v) is 11.7. The van der Waals surface area contributed by atoms with Gasteiger partial charge in [0.25, 0.3) is 5.91 Å². The molecule has 0 aliphatic rings. The smallest absolute Gasteiger partial charge is 0.255 e. The second kappa shape index (κ2) is 10.2. The third-order valence-corrected chi connectivity index (χ3v) is 5.67. The summed E-state index contributed by atoms with van der Waals surface area (Å²) < 4.78 is 0. The maximum absolute atomic E-state index is 12.5. The van der Waals surface area contributed by atoms with Crippen molar-refractivity contribution in [3.63, 3.8) is 0 Å². The van der Waals surface area contributed by atoms with Gasteiger partial charge in [0.2, 0.25) is 0 Å². The number of benzene rings is 3. The number of hydrogen-bond donors (Lipinski definition) is 3. The molecule has 33 heavy (non-hydrogen) atoms. The van der Waals surface area contributed by atoms with Gasteiger partial charge in [0.1, 0.15) is 17.5 Å². The predicted octanol–water partition coefficient (Wildman–Crippen LogP) is 6.55. The molecular weight excluding hydrogens is 430 g/mol. The number of aryl methyl sites for hydroxylation is 2. The number of amides is 1. The van der Waals surface area contributed by atoms with E-state index in [-0.39, 0.29) is 5.91 Å². The number of thioether (sulfide) groups is 1. The van der Waals surface area contributed by atoms with Gasteiger partial charge in [-0.05, 0) is 80.8 Å². The van der Waals surface area contributed by atoms with Crippen LogP contribution in [0.4, 0.5) is 28.7 Å². The first-order valence-electron chi connectivity index (χ1n) is 10.5. The summed E-state index contributed by atoms with van der Waals surface area (Å²) in [6, 6.07) is 25.1. The van der Waals surface area contributed by atoms with E-state index in [1.807, 2.05) is 79.9 Å². The standard InChI is InChI=1S/C26H25N5OS/c1-17-4-8-20(9-5-17)29-24-16-25(28-18(2)27-24)30-21-10-12-22(13-11-21)31-26(32)19-6-14-23(33-3)15-7-19/h4-16H,1-3H3,(H,31,32)(H2,27,28,29,30). The Bertz CT molecular complexity index is 1240. The van der Waals surface area contributed by atoms with Crippen molar-refractivity contribution < 1.29 is 4.79 Å². The molecule has 0 aliphatic carbocycles. The Morgan fingerprint density at radius 1 is 0.727 bits per heavy atom. The Kier molecular flexibility index (Phi) is 6.90. The Labute approximate surface area is 197 Å². The zero-order valence-corrected chi connectivity index (χ0v) is 19.5. The summed E-state index contributed by atoms with van der Waals surface area (Å²) >= 11 is 1.65. The van der Waals surface area contributed by atoms with Crippen molar-refractivity contribution in [2.45, 2.75) is 18.7 Å². The number of anilines is 5. The summed E-state index contributed by atoms with van der Waals surface area (Å²) in [7, 11) is 0. The van der Waals surface area contributed by atoms with Gasteiger partial charge < -0.3 is 16.0 Å². The third-order valence-electron chi connectivity index (χ3n) is 4.93. The van der Waals surface area contributed by atoms with Crippen LogP contribution in [-0.4, -0.2) is 22.1 Å². The molecule has 166 valence electrons. The number of nitrogens with one attached hydrogen (secondary N) is 3. The number of aromatic nitrogens is 2. The van der Waals surface area contributed by atoms with E-state index >= 15 is 0 Å². The van der Waals surface area contributed by atoms with Gasteiger partial charge in [-0.1, -0.05) is 17.7 Å². The second-order valence-electron chi connectivity index (χ2n) is 7.56. The molecule has 1 heterocycles. The molecule has 4 aromatic rings. The van der Waals surface area contributed by atoms with Crippen LogP contribution in [0.15, 0.2) is 83.8 Å². The molecule has 0 bridgehead atoms. The van der Waals surface area contributed by atoms with Crippen molar-refractivity contribution in [2.75, 3.05) is 22.2 Å². The van der Waals surface area contributed by atoms with Crippen molar-refractivity contribution >= 4 is 46.4 Å². The van der Waals surface area contributed by atoms with Crippen LogP contribution in [0.1, 0.15) is 21.7 Å². The molecule has 0 atom stereocenters. The zero-order valence-electron chi connectivity index (χ0n) is 18.7. The van der Waals surface area contributed by atoms with Crippen LogP contribution in [0.2, 0.25) is 0 Å². The van der Waals surface area contributed by atoms with Crippen LogP contribution in [0.25, 0.3) is 0 Å². The van der Waals surface area contributed by atoms with Gasteiger partial charge in [0.15, 0.2) is 0 Å². The number of nitrogens with zero attached hydrogens (tertiary/aromatic N) is 2. The van der Waals surface area contributed by atoms with Gasteiger partial charge in [0.05, 0.1) is 0 Å². The largest absolute Gasteiger partial charge is 0.340 e. The highest BCUT2D eigenvalue weighted by molar-refractivity contribution is 7.98. The highest BCUT2D eigenvalue weighted by Gasteiger charge is 2.07. The molecule has 3 N–H and O–H groups in total. The van der Waals surface area contributed by atoms with E-state index in [4.69, 9.17) is 0 Å².